The fourth-order valence-electron chi connectivity index (χ4n) is 2.80. The van der Waals surface area contributed by atoms with Crippen LogP contribution >= 0.6 is 0 Å². The van der Waals surface area contributed by atoms with E-state index in [2.05, 4.69) is 15.8 Å². The van der Waals surface area contributed by atoms with E-state index in [1.54, 1.807) is 18.2 Å². The lowest BCUT2D eigenvalue weighted by Crippen LogP contribution is -2.28. The van der Waals surface area contributed by atoms with E-state index in [-0.39, 0.29) is 18.4 Å². The van der Waals surface area contributed by atoms with Crippen molar-refractivity contribution in [2.24, 2.45) is 10.7 Å². The van der Waals surface area contributed by atoms with Crippen molar-refractivity contribution in [2.75, 3.05) is 6.61 Å². The summed E-state index contributed by atoms with van der Waals surface area (Å²) in [7, 11) is 0. The lowest BCUT2D eigenvalue weighted by atomic mass is 9.82. The molecule has 0 aliphatic carbocycles. The Labute approximate surface area is 132 Å². The third-order valence-electron chi connectivity index (χ3n) is 3.78. The summed E-state index contributed by atoms with van der Waals surface area (Å²) in [4.78, 5) is 4.48. The molecule has 1 heterocycles. The van der Waals surface area contributed by atoms with Crippen molar-refractivity contribution in [1.82, 2.24) is 0 Å². The van der Waals surface area contributed by atoms with Crippen molar-refractivity contribution in [3.8, 4) is 5.75 Å². The third kappa shape index (κ3) is 2.84. The van der Waals surface area contributed by atoms with Gasteiger partial charge in [-0.25, -0.2) is 4.99 Å². The predicted molar refractivity (Wildman–Crippen MR) is 81.4 cm³/mol. The highest BCUT2D eigenvalue weighted by Crippen LogP contribution is 2.39. The Balaban J connectivity index is 2.09. The number of nitrogens with two attached hydrogens (primary N) is 1. The summed E-state index contributed by atoms with van der Waals surface area (Å²) in [5, 5.41) is 0. The Kier molecular flexibility index (Phi) is 3.90. The Morgan fingerprint density at radius 3 is 2.78 bits per heavy atom. The van der Waals surface area contributed by atoms with Crippen LogP contribution in [-0.2, 0) is 10.3 Å². The van der Waals surface area contributed by atoms with Gasteiger partial charge in [-0.3, -0.25) is 0 Å². The molecule has 6 heteroatoms. The molecule has 0 spiro atoms. The lowest BCUT2D eigenvalue weighted by molar-refractivity contribution is -0.0498. The van der Waals surface area contributed by atoms with Gasteiger partial charge in [-0.2, -0.15) is 8.78 Å². The van der Waals surface area contributed by atoms with Crippen molar-refractivity contribution >= 4 is 6.02 Å². The van der Waals surface area contributed by atoms with Crippen LogP contribution in [0.15, 0.2) is 47.5 Å². The number of aryl methyl sites for hydroxylation is 1. The first-order valence-corrected chi connectivity index (χ1v) is 7.02. The summed E-state index contributed by atoms with van der Waals surface area (Å²) in [6.45, 7) is -0.806. The topological polar surface area (TPSA) is 56.8 Å². The molecule has 1 aliphatic rings. The number of halogens is 2. The first-order valence-electron chi connectivity index (χ1n) is 7.02. The monoisotopic (exact) mass is 317 g/mol. The van der Waals surface area contributed by atoms with Gasteiger partial charge in [-0.1, -0.05) is 24.3 Å². The van der Waals surface area contributed by atoms with E-state index in [0.717, 1.165) is 16.7 Å². The largest absolute Gasteiger partial charge is 0.462 e. The number of benzene rings is 2. The molecule has 0 bridgehead atoms. The van der Waals surface area contributed by atoms with Crippen molar-refractivity contribution in [1.29, 1.82) is 0 Å². The van der Waals surface area contributed by atoms with Crippen molar-refractivity contribution < 1.29 is 18.3 Å². The van der Waals surface area contributed by atoms with Gasteiger partial charge < -0.3 is 15.2 Å². The number of nitrogens with zero attached hydrogens (tertiary/aromatic N) is 1. The van der Waals surface area contributed by atoms with E-state index in [1.807, 2.05) is 25.1 Å². The molecule has 23 heavy (non-hydrogen) atoms. The Bertz CT molecular complexity index is 735. The number of hydrogen-bond acceptors (Lipinski definition) is 4. The summed E-state index contributed by atoms with van der Waals surface area (Å²) in [6, 6.07) is 15.2. The molecule has 0 amide bonds. The van der Waals surface area contributed by atoms with E-state index < -0.39 is 12.2 Å². The molecule has 4 nitrogen and oxygen atoms in total. The van der Waals surface area contributed by atoms with Crippen LogP contribution in [0, 0.1) is 13.0 Å². The van der Waals surface area contributed by atoms with Gasteiger partial charge in [-0.05, 0) is 47.9 Å². The first-order chi connectivity index (χ1) is 11.0. The standard InChI is InChI=1S/C17H15F2N2O2/c1-11-9-13(23-15(18)19)7-8-14(11)17(10-22-16(20)21-17)12-5-3-2-4-6-12/h2-3,5-9,15H,10H2,1H3,(H2,20,21). The summed E-state index contributed by atoms with van der Waals surface area (Å²) in [5.41, 5.74) is 7.36. The van der Waals surface area contributed by atoms with Crippen molar-refractivity contribution in [2.45, 2.75) is 19.1 Å². The smallest absolute Gasteiger partial charge is 0.387 e. The molecule has 1 unspecified atom stereocenters. The Morgan fingerprint density at radius 2 is 2.22 bits per heavy atom. The van der Waals surface area contributed by atoms with Crippen LogP contribution in [0.1, 0.15) is 16.7 Å². The van der Waals surface area contributed by atoms with Crippen LogP contribution in [0.4, 0.5) is 8.78 Å². The maximum Gasteiger partial charge on any atom is 0.387 e. The van der Waals surface area contributed by atoms with Crippen LogP contribution in [0.2, 0.25) is 0 Å². The zero-order valence-electron chi connectivity index (χ0n) is 12.4. The molecule has 1 atom stereocenters. The van der Waals surface area contributed by atoms with E-state index in [4.69, 9.17) is 10.5 Å². The normalized spacial score (nSPS) is 20.3. The zero-order valence-corrected chi connectivity index (χ0v) is 12.4. The second kappa shape index (κ2) is 5.87. The summed E-state index contributed by atoms with van der Waals surface area (Å²) < 4.78 is 34.6. The first kappa shape index (κ1) is 15.3. The van der Waals surface area contributed by atoms with Gasteiger partial charge >= 0.3 is 6.61 Å². The SMILES string of the molecule is Cc1cc(OC(F)F)ccc1C1(c2c[c]ccc2)COC(N)=N1. The van der Waals surface area contributed by atoms with Crippen molar-refractivity contribution in [3.05, 3.63) is 65.2 Å². The quantitative estimate of drug-likeness (QED) is 0.943. The average Bonchev–Trinajstić information content (AvgIpc) is 2.91. The third-order valence-corrected chi connectivity index (χ3v) is 3.78. The maximum absolute atomic E-state index is 12.4. The second-order valence-electron chi connectivity index (χ2n) is 5.25. The van der Waals surface area contributed by atoms with E-state index >= 15 is 0 Å². The second-order valence-corrected chi connectivity index (χ2v) is 5.25. The highest BCUT2D eigenvalue weighted by Gasteiger charge is 2.41. The van der Waals surface area contributed by atoms with Crippen LogP contribution in [0.5, 0.6) is 5.75 Å². The minimum absolute atomic E-state index is 0.0983. The van der Waals surface area contributed by atoms with Gasteiger partial charge in [0, 0.05) is 0 Å². The van der Waals surface area contributed by atoms with Gasteiger partial charge in [-0.15, -0.1) is 0 Å². The van der Waals surface area contributed by atoms with Crippen molar-refractivity contribution in [3.63, 3.8) is 0 Å². The molecule has 0 fully saturated rings. The van der Waals surface area contributed by atoms with Gasteiger partial charge in [0.1, 0.15) is 12.4 Å². The van der Waals surface area contributed by atoms with Crippen LogP contribution < -0.4 is 10.5 Å². The average molecular weight is 317 g/mol. The van der Waals surface area contributed by atoms with Gasteiger partial charge in [0.25, 0.3) is 6.02 Å². The molecule has 0 saturated carbocycles. The zero-order chi connectivity index (χ0) is 16.4. The summed E-state index contributed by atoms with van der Waals surface area (Å²) in [6.07, 6.45) is 0. The fraction of sp³-hybridized carbons (Fsp3) is 0.235. The molecule has 0 saturated heterocycles. The Morgan fingerprint density at radius 1 is 1.39 bits per heavy atom. The number of hydrogen-bond donors (Lipinski definition) is 1. The minimum Gasteiger partial charge on any atom is -0.462 e. The van der Waals surface area contributed by atoms with E-state index in [0.29, 0.717) is 0 Å². The predicted octanol–water partition coefficient (Wildman–Crippen LogP) is 2.99. The van der Waals surface area contributed by atoms with Gasteiger partial charge in [0.05, 0.1) is 0 Å². The van der Waals surface area contributed by atoms with E-state index in [1.165, 1.54) is 6.07 Å². The molecule has 2 aromatic rings. The summed E-state index contributed by atoms with van der Waals surface area (Å²) in [5.74, 6) is 0.104. The van der Waals surface area contributed by atoms with Gasteiger partial charge in [0.2, 0.25) is 0 Å². The fourth-order valence-corrected chi connectivity index (χ4v) is 2.80. The molecule has 119 valence electrons. The molecule has 0 aromatic heterocycles. The molecule has 1 aliphatic heterocycles. The highest BCUT2D eigenvalue weighted by atomic mass is 19.3. The molecular weight excluding hydrogens is 302 g/mol. The molecular formula is C17H15F2N2O2. The highest BCUT2D eigenvalue weighted by molar-refractivity contribution is 5.75. The summed E-state index contributed by atoms with van der Waals surface area (Å²) >= 11 is 0. The number of alkyl halides is 2. The number of rotatable bonds is 4. The van der Waals surface area contributed by atoms with Crippen LogP contribution in [0.3, 0.4) is 0 Å². The lowest BCUT2D eigenvalue weighted by Gasteiger charge is -2.27. The molecule has 2 aromatic carbocycles. The van der Waals surface area contributed by atoms with Crippen LogP contribution in [-0.4, -0.2) is 19.2 Å². The number of amidine groups is 1. The molecule has 2 N–H and O–H groups in total. The Hall–Kier alpha value is -2.63. The minimum atomic E-state index is -2.86. The number of aliphatic imine (C=N–C) groups is 1. The number of ether oxygens (including phenoxy) is 2. The maximum atomic E-state index is 12.4. The van der Waals surface area contributed by atoms with Crippen LogP contribution in [0.25, 0.3) is 0 Å². The molecule has 3 rings (SSSR count). The van der Waals surface area contributed by atoms with Gasteiger partial charge in [0.15, 0.2) is 5.54 Å². The van der Waals surface area contributed by atoms with E-state index in [9.17, 15) is 8.78 Å². The molecule has 1 radical (unpaired) electrons.